The van der Waals surface area contributed by atoms with Gasteiger partial charge in [-0.25, -0.2) is 0 Å². The van der Waals surface area contributed by atoms with Gasteiger partial charge in [-0.3, -0.25) is 0 Å². The molecule has 0 N–H and O–H groups in total. The summed E-state index contributed by atoms with van der Waals surface area (Å²) in [5.41, 5.74) is 2.93. The highest BCUT2D eigenvalue weighted by molar-refractivity contribution is 4.99. The van der Waals surface area contributed by atoms with E-state index in [-0.39, 0.29) is 0 Å². The highest BCUT2D eigenvalue weighted by atomic mass is 13.9. The summed E-state index contributed by atoms with van der Waals surface area (Å²) in [6, 6.07) is 0. The van der Waals surface area contributed by atoms with Crippen LogP contribution in [0.15, 0.2) is 48.6 Å². The van der Waals surface area contributed by atoms with Gasteiger partial charge in [0.1, 0.15) is 0 Å². The molecule has 0 heterocycles. The van der Waals surface area contributed by atoms with Crippen LogP contribution in [0.2, 0.25) is 0 Å². The van der Waals surface area contributed by atoms with E-state index in [1.807, 2.05) is 12.2 Å². The van der Waals surface area contributed by atoms with Gasteiger partial charge in [-0.2, -0.15) is 0 Å². The molecular weight excluding hydrogens is 204 g/mol. The molecule has 17 heavy (non-hydrogen) atoms. The molecule has 0 nitrogen and oxygen atoms in total. The zero-order valence-electron chi connectivity index (χ0n) is 12.3. The molecule has 0 aromatic rings. The first kappa shape index (κ1) is 18.3. The molecular formula is C17H30. The predicted molar refractivity (Wildman–Crippen MR) is 82.3 cm³/mol. The minimum Gasteiger partial charge on any atom is -0.103 e. The average molecular weight is 234 g/mol. The molecule has 0 atom stereocenters. The fraction of sp³-hybridized carbons (Fsp3) is 0.529. The lowest BCUT2D eigenvalue weighted by Gasteiger charge is -1.94. The lowest BCUT2D eigenvalue weighted by atomic mass is 10.1. The molecule has 0 saturated heterocycles. The molecule has 0 rings (SSSR count). The Morgan fingerprint density at radius 3 is 2.00 bits per heavy atom. The third-order valence-electron chi connectivity index (χ3n) is 2.49. The van der Waals surface area contributed by atoms with Crippen LogP contribution in [0.4, 0.5) is 0 Å². The second-order valence-electron chi connectivity index (χ2n) is 4.21. The standard InChI is InChI=1S/C9H16.C8H14/c1-4-6-8-9(3)7-5-2;1-4-6-7-8(3)5-2/h4,7H,1,5-6,8H2,2-3H3;4,7H,1,5-6H2,2-3H3/b9-7+;8-7+. The first-order valence-electron chi connectivity index (χ1n) is 6.65. The van der Waals surface area contributed by atoms with Crippen molar-refractivity contribution < 1.29 is 0 Å². The molecule has 0 unspecified atom stereocenters. The van der Waals surface area contributed by atoms with Gasteiger partial charge >= 0.3 is 0 Å². The zero-order valence-corrected chi connectivity index (χ0v) is 12.3. The molecule has 0 bridgehead atoms. The van der Waals surface area contributed by atoms with E-state index >= 15 is 0 Å². The molecule has 0 aliphatic heterocycles. The third kappa shape index (κ3) is 17.6. The Bertz CT molecular complexity index is 241. The monoisotopic (exact) mass is 234 g/mol. The van der Waals surface area contributed by atoms with Crippen molar-refractivity contribution in [2.24, 2.45) is 0 Å². The van der Waals surface area contributed by atoms with Crippen molar-refractivity contribution in [1.29, 1.82) is 0 Å². The van der Waals surface area contributed by atoms with E-state index < -0.39 is 0 Å². The van der Waals surface area contributed by atoms with Crippen molar-refractivity contribution in [2.75, 3.05) is 0 Å². The first-order chi connectivity index (χ1) is 8.12. The number of hydrogen-bond acceptors (Lipinski definition) is 0. The molecule has 0 radical (unpaired) electrons. The second-order valence-corrected chi connectivity index (χ2v) is 4.21. The molecule has 0 aliphatic rings. The van der Waals surface area contributed by atoms with Gasteiger partial charge in [0.05, 0.1) is 0 Å². The van der Waals surface area contributed by atoms with Gasteiger partial charge in [-0.15, -0.1) is 13.2 Å². The van der Waals surface area contributed by atoms with Crippen molar-refractivity contribution in [1.82, 2.24) is 0 Å². The van der Waals surface area contributed by atoms with E-state index in [9.17, 15) is 0 Å². The summed E-state index contributed by atoms with van der Waals surface area (Å²) in [4.78, 5) is 0. The summed E-state index contributed by atoms with van der Waals surface area (Å²) in [6.45, 7) is 15.9. The topological polar surface area (TPSA) is 0 Å². The number of allylic oxidation sites excluding steroid dienone is 6. The summed E-state index contributed by atoms with van der Waals surface area (Å²) < 4.78 is 0. The van der Waals surface area contributed by atoms with E-state index in [2.05, 4.69) is 53.0 Å². The second kappa shape index (κ2) is 15.0. The fourth-order valence-electron chi connectivity index (χ4n) is 1.21. The van der Waals surface area contributed by atoms with E-state index in [1.165, 1.54) is 17.6 Å². The first-order valence-corrected chi connectivity index (χ1v) is 6.65. The molecule has 0 saturated carbocycles. The normalized spacial score (nSPS) is 11.5. The van der Waals surface area contributed by atoms with Gasteiger partial charge < -0.3 is 0 Å². The van der Waals surface area contributed by atoms with Crippen LogP contribution in [0.25, 0.3) is 0 Å². The third-order valence-corrected chi connectivity index (χ3v) is 2.49. The van der Waals surface area contributed by atoms with Gasteiger partial charge in [0.25, 0.3) is 0 Å². The van der Waals surface area contributed by atoms with Crippen LogP contribution in [0.5, 0.6) is 0 Å². The largest absolute Gasteiger partial charge is 0.103 e. The van der Waals surface area contributed by atoms with E-state index in [1.54, 1.807) is 0 Å². The highest BCUT2D eigenvalue weighted by Gasteiger charge is 1.83. The molecule has 0 aromatic heterocycles. The Balaban J connectivity index is 0. The van der Waals surface area contributed by atoms with Crippen LogP contribution in [-0.2, 0) is 0 Å². The summed E-state index contributed by atoms with van der Waals surface area (Å²) in [7, 11) is 0. The minimum absolute atomic E-state index is 1.01. The van der Waals surface area contributed by atoms with Gasteiger partial charge in [0, 0.05) is 0 Å². The van der Waals surface area contributed by atoms with Gasteiger partial charge in [0.2, 0.25) is 0 Å². The molecule has 98 valence electrons. The van der Waals surface area contributed by atoms with Crippen LogP contribution in [0, 0.1) is 0 Å². The molecule has 0 aliphatic carbocycles. The van der Waals surface area contributed by atoms with Gasteiger partial charge in [-0.05, 0) is 46.0 Å². The minimum atomic E-state index is 1.01. The Morgan fingerprint density at radius 2 is 1.59 bits per heavy atom. The lowest BCUT2D eigenvalue weighted by Crippen LogP contribution is -1.73. The zero-order chi connectivity index (χ0) is 13.5. The van der Waals surface area contributed by atoms with Crippen LogP contribution in [0.1, 0.15) is 59.8 Å². The summed E-state index contributed by atoms with van der Waals surface area (Å²) >= 11 is 0. The average Bonchev–Trinajstić information content (AvgIpc) is 2.34. The van der Waals surface area contributed by atoms with E-state index in [0.717, 1.165) is 25.7 Å². The van der Waals surface area contributed by atoms with Crippen LogP contribution in [-0.4, -0.2) is 0 Å². The smallest absolute Gasteiger partial charge is 0.0169 e. The van der Waals surface area contributed by atoms with Crippen molar-refractivity contribution in [3.05, 3.63) is 48.6 Å². The van der Waals surface area contributed by atoms with Crippen LogP contribution >= 0.6 is 0 Å². The molecule has 0 heteroatoms. The Morgan fingerprint density at radius 1 is 0.941 bits per heavy atom. The number of rotatable bonds is 7. The van der Waals surface area contributed by atoms with Crippen molar-refractivity contribution in [2.45, 2.75) is 59.8 Å². The van der Waals surface area contributed by atoms with Crippen molar-refractivity contribution in [3.63, 3.8) is 0 Å². The van der Waals surface area contributed by atoms with Gasteiger partial charge in [-0.1, -0.05) is 49.3 Å². The maximum Gasteiger partial charge on any atom is -0.0169 e. The number of hydrogen-bond donors (Lipinski definition) is 0. The van der Waals surface area contributed by atoms with Crippen molar-refractivity contribution >= 4 is 0 Å². The Kier molecular flexibility index (Phi) is 16.1. The summed E-state index contributed by atoms with van der Waals surface area (Å²) in [6.07, 6.45) is 14.0. The van der Waals surface area contributed by atoms with Crippen LogP contribution in [0.3, 0.4) is 0 Å². The molecule has 0 aromatic carbocycles. The SMILES string of the molecule is C=CC/C=C(\C)CC.C=CCC/C(C)=C/CC. The lowest BCUT2D eigenvalue weighted by molar-refractivity contribution is 0.963. The van der Waals surface area contributed by atoms with E-state index in [0.29, 0.717) is 0 Å². The van der Waals surface area contributed by atoms with E-state index in [4.69, 9.17) is 0 Å². The predicted octanol–water partition coefficient (Wildman–Crippen LogP) is 6.23. The van der Waals surface area contributed by atoms with Crippen LogP contribution < -0.4 is 0 Å². The van der Waals surface area contributed by atoms with Gasteiger partial charge in [0.15, 0.2) is 0 Å². The maximum absolute atomic E-state index is 3.67. The molecule has 0 fully saturated rings. The Labute approximate surface area is 109 Å². The maximum atomic E-state index is 3.67. The fourth-order valence-corrected chi connectivity index (χ4v) is 1.21. The molecule has 0 amide bonds. The summed E-state index contributed by atoms with van der Waals surface area (Å²) in [5, 5.41) is 0. The summed E-state index contributed by atoms with van der Waals surface area (Å²) in [5.74, 6) is 0. The quantitative estimate of drug-likeness (QED) is 0.458. The van der Waals surface area contributed by atoms with Crippen molar-refractivity contribution in [3.8, 4) is 0 Å². The molecule has 0 spiro atoms. The highest BCUT2D eigenvalue weighted by Crippen LogP contribution is 2.04. The Hall–Kier alpha value is -1.04.